The van der Waals surface area contributed by atoms with Gasteiger partial charge in [-0.1, -0.05) is 62.1 Å². The van der Waals surface area contributed by atoms with Crippen molar-refractivity contribution in [1.82, 2.24) is 0 Å². The number of amides is 1. The molecular formula is C25H27NO5. The number of rotatable bonds is 10. The lowest BCUT2D eigenvalue weighted by Gasteiger charge is -2.21. The molecule has 2 aromatic carbocycles. The molecule has 0 unspecified atom stereocenters. The first-order valence-corrected chi connectivity index (χ1v) is 10.7. The summed E-state index contributed by atoms with van der Waals surface area (Å²) in [7, 11) is 1.40. The molecule has 0 heterocycles. The Bertz CT molecular complexity index is 995. The first-order valence-electron chi connectivity index (χ1n) is 10.7. The molecule has 0 atom stereocenters. The average Bonchev–Trinajstić information content (AvgIpc) is 2.78. The minimum Gasteiger partial charge on any atom is -0.469 e. The lowest BCUT2D eigenvalue weighted by molar-refractivity contribution is -0.140. The molecule has 31 heavy (non-hydrogen) atoms. The largest absolute Gasteiger partial charge is 0.469 e. The average molecular weight is 421 g/mol. The number of hydrogen-bond acceptors (Lipinski definition) is 5. The summed E-state index contributed by atoms with van der Waals surface area (Å²) in [5.41, 5.74) is 2.53. The molecule has 1 N–H and O–H groups in total. The van der Waals surface area contributed by atoms with Gasteiger partial charge in [0.2, 0.25) is 17.5 Å². The second-order valence-corrected chi connectivity index (χ2v) is 7.68. The van der Waals surface area contributed by atoms with Crippen LogP contribution in [-0.2, 0) is 14.3 Å². The van der Waals surface area contributed by atoms with Gasteiger partial charge in [0, 0.05) is 35.2 Å². The maximum atomic E-state index is 12.5. The monoisotopic (exact) mass is 421 g/mol. The van der Waals surface area contributed by atoms with Crippen LogP contribution in [-0.4, -0.2) is 30.6 Å². The fourth-order valence-electron chi connectivity index (χ4n) is 3.86. The van der Waals surface area contributed by atoms with Crippen molar-refractivity contribution in [2.45, 2.75) is 51.4 Å². The molecule has 1 amide bonds. The molecule has 0 aliphatic heterocycles. The highest BCUT2D eigenvalue weighted by Gasteiger charge is 2.31. The van der Waals surface area contributed by atoms with Gasteiger partial charge in [0.05, 0.1) is 7.11 Å². The molecule has 0 fully saturated rings. The van der Waals surface area contributed by atoms with E-state index in [-0.39, 0.29) is 11.9 Å². The van der Waals surface area contributed by atoms with Crippen LogP contribution in [0, 0.1) is 0 Å². The van der Waals surface area contributed by atoms with Gasteiger partial charge in [-0.2, -0.15) is 0 Å². The number of hydrogen-bond donors (Lipinski definition) is 1. The quantitative estimate of drug-likeness (QED) is 0.332. The Hall–Kier alpha value is -3.28. The predicted octanol–water partition coefficient (Wildman–Crippen LogP) is 4.96. The molecule has 1 aliphatic carbocycles. The number of fused-ring (bicyclic) bond motifs is 3. The summed E-state index contributed by atoms with van der Waals surface area (Å²) in [6.07, 6.45) is 6.40. The lowest BCUT2D eigenvalue weighted by Crippen LogP contribution is -2.22. The number of methoxy groups -OCH3 is 1. The Balaban J connectivity index is 1.53. The molecule has 0 saturated carbocycles. The van der Waals surface area contributed by atoms with Gasteiger partial charge >= 0.3 is 5.97 Å². The van der Waals surface area contributed by atoms with Crippen molar-refractivity contribution in [3.8, 4) is 11.1 Å². The molecule has 6 heteroatoms. The highest BCUT2D eigenvalue weighted by Crippen LogP contribution is 2.38. The Kier molecular flexibility index (Phi) is 7.70. The van der Waals surface area contributed by atoms with Crippen LogP contribution in [0.4, 0.5) is 5.69 Å². The summed E-state index contributed by atoms with van der Waals surface area (Å²) in [5.74, 6) is -1.34. The molecule has 0 radical (unpaired) electrons. The van der Waals surface area contributed by atoms with Crippen LogP contribution < -0.4 is 5.32 Å². The molecule has 1 aliphatic rings. The number of unbranched alkanes of at least 4 members (excludes halogenated alkanes) is 5. The third-order valence-corrected chi connectivity index (χ3v) is 5.49. The van der Waals surface area contributed by atoms with Crippen molar-refractivity contribution in [1.29, 1.82) is 0 Å². The molecular weight excluding hydrogens is 394 g/mol. The van der Waals surface area contributed by atoms with Crippen LogP contribution in [0.3, 0.4) is 0 Å². The van der Waals surface area contributed by atoms with Crippen LogP contribution in [0.15, 0.2) is 42.5 Å². The standard InChI is InChI=1S/C25H27NO5/c1-31-22(28)16-7-5-3-2-4-6-15-21(27)26-20-14-10-13-19-23(20)17-11-8-9-12-18(17)24(29)25(19)30/h8-14H,2-7,15-16H2,1H3,(H,26,27). The van der Waals surface area contributed by atoms with Crippen molar-refractivity contribution in [2.75, 3.05) is 12.4 Å². The molecule has 0 bridgehead atoms. The highest BCUT2D eigenvalue weighted by atomic mass is 16.5. The van der Waals surface area contributed by atoms with E-state index in [0.29, 0.717) is 40.8 Å². The molecule has 3 rings (SSSR count). The molecule has 162 valence electrons. The van der Waals surface area contributed by atoms with Crippen LogP contribution in [0.5, 0.6) is 0 Å². The Labute approximate surface area is 182 Å². The minimum absolute atomic E-state index is 0.110. The van der Waals surface area contributed by atoms with E-state index in [1.807, 2.05) is 6.07 Å². The van der Waals surface area contributed by atoms with Crippen LogP contribution in [0.1, 0.15) is 72.1 Å². The number of carbonyl (C=O) groups excluding carboxylic acids is 4. The molecule has 0 aromatic heterocycles. The molecule has 0 saturated heterocycles. The zero-order valence-electron chi connectivity index (χ0n) is 17.7. The number of carbonyl (C=O) groups is 4. The number of ketones is 2. The van der Waals surface area contributed by atoms with Crippen molar-refractivity contribution in [3.63, 3.8) is 0 Å². The van der Waals surface area contributed by atoms with E-state index >= 15 is 0 Å². The number of anilines is 1. The number of nitrogens with one attached hydrogen (secondary N) is 1. The van der Waals surface area contributed by atoms with E-state index < -0.39 is 11.6 Å². The van der Waals surface area contributed by atoms with Crippen molar-refractivity contribution >= 4 is 29.1 Å². The number of benzene rings is 2. The summed E-state index contributed by atoms with van der Waals surface area (Å²) in [5, 5.41) is 2.92. The van der Waals surface area contributed by atoms with Gasteiger partial charge < -0.3 is 10.1 Å². The van der Waals surface area contributed by atoms with E-state index in [4.69, 9.17) is 0 Å². The summed E-state index contributed by atoms with van der Waals surface area (Å²) in [6.45, 7) is 0. The molecule has 6 nitrogen and oxygen atoms in total. The van der Waals surface area contributed by atoms with Gasteiger partial charge in [0.15, 0.2) is 0 Å². The van der Waals surface area contributed by atoms with Gasteiger partial charge in [-0.05, 0) is 24.5 Å². The Morgan fingerprint density at radius 2 is 1.32 bits per heavy atom. The zero-order valence-corrected chi connectivity index (χ0v) is 17.7. The van der Waals surface area contributed by atoms with Crippen molar-refractivity contribution in [2.24, 2.45) is 0 Å². The van der Waals surface area contributed by atoms with E-state index in [2.05, 4.69) is 10.1 Å². The van der Waals surface area contributed by atoms with Gasteiger partial charge in [0.25, 0.3) is 0 Å². The number of Topliss-reactive ketones (excluding diaryl/α,β-unsaturated/α-hetero) is 2. The fourth-order valence-corrected chi connectivity index (χ4v) is 3.86. The van der Waals surface area contributed by atoms with E-state index in [1.165, 1.54) is 7.11 Å². The van der Waals surface area contributed by atoms with Crippen LogP contribution in [0.2, 0.25) is 0 Å². The van der Waals surface area contributed by atoms with Gasteiger partial charge in [-0.15, -0.1) is 0 Å². The predicted molar refractivity (Wildman–Crippen MR) is 118 cm³/mol. The lowest BCUT2D eigenvalue weighted by atomic mass is 9.83. The van der Waals surface area contributed by atoms with E-state index in [9.17, 15) is 19.2 Å². The molecule has 0 spiro atoms. The smallest absolute Gasteiger partial charge is 0.305 e. The first-order chi connectivity index (χ1) is 15.0. The second-order valence-electron chi connectivity index (χ2n) is 7.68. The maximum absolute atomic E-state index is 12.5. The maximum Gasteiger partial charge on any atom is 0.305 e. The molecule has 2 aromatic rings. The Morgan fingerprint density at radius 3 is 2.03 bits per heavy atom. The number of esters is 1. The summed E-state index contributed by atoms with van der Waals surface area (Å²) in [6, 6.07) is 12.1. The summed E-state index contributed by atoms with van der Waals surface area (Å²) < 4.78 is 4.62. The highest BCUT2D eigenvalue weighted by molar-refractivity contribution is 6.53. The normalized spacial score (nSPS) is 12.2. The van der Waals surface area contributed by atoms with Crippen LogP contribution in [0.25, 0.3) is 11.1 Å². The SMILES string of the molecule is COC(=O)CCCCCCCCC(=O)Nc1cccc2c1-c1ccccc1C(=O)C2=O. The second kappa shape index (κ2) is 10.7. The fraction of sp³-hybridized carbons (Fsp3) is 0.360. The van der Waals surface area contributed by atoms with Gasteiger partial charge in [-0.3, -0.25) is 19.2 Å². The van der Waals surface area contributed by atoms with Crippen LogP contribution >= 0.6 is 0 Å². The third-order valence-electron chi connectivity index (χ3n) is 5.49. The summed E-state index contributed by atoms with van der Waals surface area (Å²) >= 11 is 0. The zero-order chi connectivity index (χ0) is 22.2. The first kappa shape index (κ1) is 22.4. The topological polar surface area (TPSA) is 89.5 Å². The summed E-state index contributed by atoms with van der Waals surface area (Å²) in [4.78, 5) is 48.4. The van der Waals surface area contributed by atoms with Crippen molar-refractivity contribution < 1.29 is 23.9 Å². The third kappa shape index (κ3) is 5.45. The Morgan fingerprint density at radius 1 is 0.742 bits per heavy atom. The van der Waals surface area contributed by atoms with E-state index in [0.717, 1.165) is 38.5 Å². The van der Waals surface area contributed by atoms with Gasteiger partial charge in [0.1, 0.15) is 0 Å². The minimum atomic E-state index is -0.544. The van der Waals surface area contributed by atoms with Gasteiger partial charge in [-0.25, -0.2) is 0 Å². The number of ether oxygens (including phenoxy) is 1. The van der Waals surface area contributed by atoms with E-state index in [1.54, 1.807) is 36.4 Å². The van der Waals surface area contributed by atoms with Crippen molar-refractivity contribution in [3.05, 3.63) is 53.6 Å².